The Morgan fingerprint density at radius 1 is 0.290 bits per heavy atom. The molecule has 0 saturated heterocycles. The quantitative estimate of drug-likeness (QED) is 0.0222. The van der Waals surface area contributed by atoms with Crippen LogP contribution < -0.4 is 0 Å². The number of carbonyl (C=O) groups excluding carboxylic acids is 4. The predicted octanol–water partition coefficient (Wildman–Crippen LogP) is 21.6. The number of aliphatic hydroxyl groups excluding tert-OH is 1. The van der Waals surface area contributed by atoms with E-state index in [1.807, 2.05) is 0 Å². The molecule has 0 saturated carbocycles. The molecule has 0 aromatic heterocycles. The number of rotatable bonds is 73. The Bertz CT molecular complexity index is 1800. The van der Waals surface area contributed by atoms with Crippen molar-refractivity contribution in [1.29, 1.82) is 0 Å². The van der Waals surface area contributed by atoms with E-state index in [1.165, 1.54) is 193 Å². The minimum atomic E-state index is -4.96. The summed E-state index contributed by atoms with van der Waals surface area (Å²) in [6.45, 7) is 9.52. The first-order valence-corrected chi connectivity index (χ1v) is 41.5. The number of phosphoric acid groups is 2. The number of unbranched alkanes of at least 4 members (excludes halogenated alkanes) is 43. The smallest absolute Gasteiger partial charge is 0.462 e. The third-order valence-electron chi connectivity index (χ3n) is 17.2. The van der Waals surface area contributed by atoms with Gasteiger partial charge in [0, 0.05) is 25.7 Å². The van der Waals surface area contributed by atoms with Gasteiger partial charge in [0.15, 0.2) is 12.2 Å². The first-order chi connectivity index (χ1) is 44.9. The molecule has 0 aliphatic carbocycles. The largest absolute Gasteiger partial charge is 0.472 e. The van der Waals surface area contributed by atoms with Gasteiger partial charge in [-0.25, -0.2) is 9.13 Å². The highest BCUT2D eigenvalue weighted by atomic mass is 31.2. The average Bonchev–Trinajstić information content (AvgIpc) is 1.45. The lowest BCUT2D eigenvalue weighted by atomic mass is 10.0. The number of hydrogen-bond donors (Lipinski definition) is 3. The number of hydrogen-bond acceptors (Lipinski definition) is 15. The Morgan fingerprint density at radius 2 is 0.495 bits per heavy atom. The van der Waals surface area contributed by atoms with Crippen LogP contribution in [0.15, 0.2) is 0 Å². The van der Waals surface area contributed by atoms with E-state index in [2.05, 4.69) is 41.5 Å². The number of esters is 4. The molecule has 17 nitrogen and oxygen atoms in total. The first-order valence-electron chi connectivity index (χ1n) is 38.5. The monoisotopic (exact) mass is 1370 g/mol. The Hall–Kier alpha value is -1.94. The van der Waals surface area contributed by atoms with Crippen molar-refractivity contribution in [2.24, 2.45) is 11.8 Å². The molecule has 93 heavy (non-hydrogen) atoms. The zero-order valence-corrected chi connectivity index (χ0v) is 62.3. The summed E-state index contributed by atoms with van der Waals surface area (Å²) in [5.74, 6) is -0.637. The zero-order valence-electron chi connectivity index (χ0n) is 60.6. The number of aliphatic hydroxyl groups is 1. The standard InChI is InChI=1S/C74H144O17P2/c1-7-9-11-13-15-17-19-20-22-26-30-33-37-44-50-56-71(76)84-62-69(90-74(79)59-53-47-39-35-31-27-24-21-23-25-29-32-36-42-48-54-66(3)4)64-88-92(80,81)86-60-68(75)61-87-93(82,83)89-65-70(63-85-72(77)57-51-45-41-40-43-49-55-67(5)6)91-73(78)58-52-46-38-34-28-18-16-14-12-10-8-2/h66-70,75H,7-65H2,1-6H3,(H,80,81)(H,82,83)/t68-,69-,70-/m1/s1. The summed E-state index contributed by atoms with van der Waals surface area (Å²) in [6.07, 6.45) is 52.8. The molecule has 3 N–H and O–H groups in total. The van der Waals surface area contributed by atoms with Gasteiger partial charge < -0.3 is 33.8 Å². The molecule has 0 amide bonds. The molecular weight excluding hydrogens is 1220 g/mol. The van der Waals surface area contributed by atoms with Crippen molar-refractivity contribution in [1.82, 2.24) is 0 Å². The van der Waals surface area contributed by atoms with Crippen LogP contribution >= 0.6 is 15.6 Å². The van der Waals surface area contributed by atoms with Crippen LogP contribution in [0.5, 0.6) is 0 Å². The normalized spacial score (nSPS) is 14.1. The van der Waals surface area contributed by atoms with E-state index in [-0.39, 0.29) is 25.7 Å². The Balaban J connectivity index is 5.22. The van der Waals surface area contributed by atoms with Crippen molar-refractivity contribution in [3.8, 4) is 0 Å². The van der Waals surface area contributed by atoms with Crippen LogP contribution in [0.3, 0.4) is 0 Å². The van der Waals surface area contributed by atoms with E-state index >= 15 is 0 Å². The van der Waals surface area contributed by atoms with Crippen molar-refractivity contribution < 1.29 is 80.2 Å². The van der Waals surface area contributed by atoms with E-state index in [9.17, 15) is 43.2 Å². The molecule has 0 radical (unpaired) electrons. The molecule has 0 aromatic rings. The molecule has 0 heterocycles. The molecule has 0 spiro atoms. The zero-order chi connectivity index (χ0) is 68.6. The SMILES string of the molecule is CCCCCCCCCCCCCCCCCC(=O)OC[C@H](COP(=O)(O)OC[C@@H](O)COP(=O)(O)OC[C@@H](COC(=O)CCCCCCCCC(C)C)OC(=O)CCCCCCCCCCCCC)OC(=O)CCCCCCCCCCCCCCCCCC(C)C. The minimum Gasteiger partial charge on any atom is -0.462 e. The van der Waals surface area contributed by atoms with E-state index in [1.54, 1.807) is 0 Å². The van der Waals surface area contributed by atoms with E-state index < -0.39 is 97.5 Å². The fourth-order valence-electron chi connectivity index (χ4n) is 11.3. The fourth-order valence-corrected chi connectivity index (χ4v) is 12.9. The molecule has 19 heteroatoms. The van der Waals surface area contributed by atoms with Crippen molar-refractivity contribution >= 4 is 39.5 Å². The van der Waals surface area contributed by atoms with Gasteiger partial charge in [-0.1, -0.05) is 330 Å². The lowest BCUT2D eigenvalue weighted by Gasteiger charge is -2.21. The van der Waals surface area contributed by atoms with Crippen molar-refractivity contribution in [2.75, 3.05) is 39.6 Å². The number of ether oxygens (including phenoxy) is 4. The molecule has 0 fully saturated rings. The average molecular weight is 1370 g/mol. The maximum absolute atomic E-state index is 13.1. The Morgan fingerprint density at radius 3 is 0.731 bits per heavy atom. The highest BCUT2D eigenvalue weighted by molar-refractivity contribution is 7.47. The van der Waals surface area contributed by atoms with Gasteiger partial charge in [-0.2, -0.15) is 0 Å². The van der Waals surface area contributed by atoms with Crippen LogP contribution in [0.25, 0.3) is 0 Å². The van der Waals surface area contributed by atoms with Gasteiger partial charge in [0.05, 0.1) is 26.4 Å². The van der Waals surface area contributed by atoms with Crippen molar-refractivity contribution in [2.45, 2.75) is 400 Å². The lowest BCUT2D eigenvalue weighted by molar-refractivity contribution is -0.161. The van der Waals surface area contributed by atoms with Crippen molar-refractivity contribution in [3.63, 3.8) is 0 Å². The van der Waals surface area contributed by atoms with E-state index in [4.69, 9.17) is 37.0 Å². The van der Waals surface area contributed by atoms with E-state index in [0.29, 0.717) is 31.6 Å². The van der Waals surface area contributed by atoms with Gasteiger partial charge in [0.25, 0.3) is 0 Å². The third kappa shape index (κ3) is 68.4. The second-order valence-electron chi connectivity index (χ2n) is 27.6. The molecule has 552 valence electrons. The van der Waals surface area contributed by atoms with Gasteiger partial charge in [0.2, 0.25) is 0 Å². The molecular formula is C74H144O17P2. The van der Waals surface area contributed by atoms with Gasteiger partial charge in [-0.3, -0.25) is 37.3 Å². The topological polar surface area (TPSA) is 237 Å². The number of carbonyl (C=O) groups is 4. The summed E-state index contributed by atoms with van der Waals surface area (Å²) in [5, 5.41) is 10.6. The third-order valence-corrected chi connectivity index (χ3v) is 19.1. The maximum atomic E-state index is 13.1. The van der Waals surface area contributed by atoms with Gasteiger partial charge >= 0.3 is 39.5 Å². The molecule has 2 unspecified atom stereocenters. The summed E-state index contributed by atoms with van der Waals surface area (Å²) < 4.78 is 68.4. The Kier molecular flexibility index (Phi) is 64.6. The molecule has 0 aromatic carbocycles. The fraction of sp³-hybridized carbons (Fsp3) is 0.946. The molecule has 0 rings (SSSR count). The summed E-state index contributed by atoms with van der Waals surface area (Å²) >= 11 is 0. The second-order valence-corrected chi connectivity index (χ2v) is 30.5. The van der Waals surface area contributed by atoms with Gasteiger partial charge in [-0.05, 0) is 37.5 Å². The van der Waals surface area contributed by atoms with Crippen LogP contribution in [0, 0.1) is 11.8 Å². The predicted molar refractivity (Wildman–Crippen MR) is 377 cm³/mol. The summed E-state index contributed by atoms with van der Waals surface area (Å²) in [6, 6.07) is 0. The van der Waals surface area contributed by atoms with Gasteiger partial charge in [0.1, 0.15) is 19.3 Å². The summed E-state index contributed by atoms with van der Waals surface area (Å²) in [7, 11) is -9.90. The molecule has 0 aliphatic rings. The highest BCUT2D eigenvalue weighted by Crippen LogP contribution is 2.45. The number of phosphoric ester groups is 2. The van der Waals surface area contributed by atoms with Crippen LogP contribution in [0.4, 0.5) is 0 Å². The van der Waals surface area contributed by atoms with Crippen LogP contribution in [-0.4, -0.2) is 96.7 Å². The van der Waals surface area contributed by atoms with Crippen LogP contribution in [-0.2, 0) is 65.4 Å². The molecule has 0 aliphatic heterocycles. The lowest BCUT2D eigenvalue weighted by Crippen LogP contribution is -2.30. The Labute approximate surface area is 568 Å². The van der Waals surface area contributed by atoms with E-state index in [0.717, 1.165) is 102 Å². The summed E-state index contributed by atoms with van der Waals surface area (Å²) in [4.78, 5) is 72.7. The molecule has 5 atom stereocenters. The first kappa shape index (κ1) is 91.1. The van der Waals surface area contributed by atoms with Crippen LogP contribution in [0.2, 0.25) is 0 Å². The van der Waals surface area contributed by atoms with Crippen molar-refractivity contribution in [3.05, 3.63) is 0 Å². The molecule has 0 bridgehead atoms. The summed E-state index contributed by atoms with van der Waals surface area (Å²) in [5.41, 5.74) is 0. The van der Waals surface area contributed by atoms with Gasteiger partial charge in [-0.15, -0.1) is 0 Å². The maximum Gasteiger partial charge on any atom is 0.472 e. The minimum absolute atomic E-state index is 0.106. The second kappa shape index (κ2) is 66.0. The van der Waals surface area contributed by atoms with Crippen LogP contribution in [0.1, 0.15) is 382 Å². The highest BCUT2D eigenvalue weighted by Gasteiger charge is 2.30.